The number of carbonyl (C=O) groups is 1. The molecule has 0 saturated carbocycles. The predicted octanol–water partition coefficient (Wildman–Crippen LogP) is 1.18. The third-order valence-electron chi connectivity index (χ3n) is 2.35. The fourth-order valence-corrected chi connectivity index (χ4v) is 2.23. The molecule has 0 aromatic carbocycles. The Bertz CT molecular complexity index is 393. The van der Waals surface area contributed by atoms with Gasteiger partial charge in [0.05, 0.1) is 11.9 Å². The number of aliphatic hydroxyl groups is 1. The minimum atomic E-state index is -0.864. The van der Waals surface area contributed by atoms with Gasteiger partial charge >= 0.3 is 5.97 Å². The maximum absolute atomic E-state index is 10.6. The van der Waals surface area contributed by atoms with Crippen LogP contribution in [-0.4, -0.2) is 42.8 Å². The summed E-state index contributed by atoms with van der Waals surface area (Å²) >= 11 is 1.18. The molecule has 7 heteroatoms. The number of aromatic nitrogens is 3. The molecule has 0 amide bonds. The summed E-state index contributed by atoms with van der Waals surface area (Å²) in [4.78, 5) is 10.6. The number of thioether (sulfide) groups is 1. The normalized spacial score (nSPS) is 12.6. The van der Waals surface area contributed by atoms with Gasteiger partial charge in [0.15, 0.2) is 5.16 Å². The number of aliphatic hydroxyl groups excluding tert-OH is 1. The molecule has 0 bridgehead atoms. The Morgan fingerprint density at radius 2 is 2.22 bits per heavy atom. The number of hydrogen-bond donors (Lipinski definition) is 2. The Morgan fingerprint density at radius 1 is 1.50 bits per heavy atom. The highest BCUT2D eigenvalue weighted by Gasteiger charge is 2.13. The van der Waals surface area contributed by atoms with Gasteiger partial charge in [-0.3, -0.25) is 4.79 Å². The average molecular weight is 273 g/mol. The first kappa shape index (κ1) is 15.0. The summed E-state index contributed by atoms with van der Waals surface area (Å²) < 4.78 is 1.94. The summed E-state index contributed by atoms with van der Waals surface area (Å²) in [6, 6.07) is 0. The lowest BCUT2D eigenvalue weighted by molar-refractivity contribution is -0.133. The summed E-state index contributed by atoms with van der Waals surface area (Å²) in [6.07, 6.45) is 1.84. The molecule has 1 aromatic heterocycles. The molecule has 18 heavy (non-hydrogen) atoms. The van der Waals surface area contributed by atoms with Crippen LogP contribution in [0.5, 0.6) is 0 Å². The molecule has 1 atom stereocenters. The Morgan fingerprint density at radius 3 is 2.78 bits per heavy atom. The van der Waals surface area contributed by atoms with E-state index in [1.807, 2.05) is 11.5 Å². The average Bonchev–Trinajstić information content (AvgIpc) is 2.67. The van der Waals surface area contributed by atoms with E-state index in [0.29, 0.717) is 18.0 Å². The van der Waals surface area contributed by atoms with E-state index in [4.69, 9.17) is 5.11 Å². The summed E-state index contributed by atoms with van der Waals surface area (Å²) in [7, 11) is 0. The van der Waals surface area contributed by atoms with Crippen LogP contribution in [0.25, 0.3) is 0 Å². The number of carboxylic acids is 1. The van der Waals surface area contributed by atoms with Crippen LogP contribution >= 0.6 is 11.8 Å². The van der Waals surface area contributed by atoms with Crippen LogP contribution in [0.1, 0.15) is 32.5 Å². The second-order valence-electron chi connectivity index (χ2n) is 4.12. The van der Waals surface area contributed by atoms with Crippen LogP contribution in [0.4, 0.5) is 0 Å². The van der Waals surface area contributed by atoms with E-state index in [1.165, 1.54) is 11.8 Å². The largest absolute Gasteiger partial charge is 0.481 e. The highest BCUT2D eigenvalue weighted by atomic mass is 32.2. The van der Waals surface area contributed by atoms with Crippen molar-refractivity contribution in [3.05, 3.63) is 5.82 Å². The molecule has 0 aliphatic carbocycles. The third-order valence-corrected chi connectivity index (χ3v) is 3.30. The monoisotopic (exact) mass is 273 g/mol. The molecule has 102 valence electrons. The second kappa shape index (κ2) is 7.38. The zero-order valence-electron chi connectivity index (χ0n) is 10.7. The minimum Gasteiger partial charge on any atom is -0.481 e. The van der Waals surface area contributed by atoms with Crippen molar-refractivity contribution < 1.29 is 15.0 Å². The molecule has 0 aliphatic rings. The summed E-state index contributed by atoms with van der Waals surface area (Å²) in [6.45, 7) is 4.55. The zero-order chi connectivity index (χ0) is 13.5. The fraction of sp³-hybridized carbons (Fsp3) is 0.727. The molecule has 0 spiro atoms. The van der Waals surface area contributed by atoms with Gasteiger partial charge in [-0.05, 0) is 19.8 Å². The van der Waals surface area contributed by atoms with Crippen molar-refractivity contribution >= 4 is 17.7 Å². The third kappa shape index (κ3) is 4.66. The molecular weight excluding hydrogens is 254 g/mol. The van der Waals surface area contributed by atoms with Crippen LogP contribution in [-0.2, 0) is 17.8 Å². The van der Waals surface area contributed by atoms with Crippen molar-refractivity contribution in [2.75, 3.05) is 5.75 Å². The lowest BCUT2D eigenvalue weighted by Gasteiger charge is -2.08. The van der Waals surface area contributed by atoms with Gasteiger partial charge in [0, 0.05) is 13.0 Å². The molecule has 2 N–H and O–H groups in total. The van der Waals surface area contributed by atoms with Gasteiger partial charge in [-0.2, -0.15) is 0 Å². The predicted molar refractivity (Wildman–Crippen MR) is 68.7 cm³/mol. The van der Waals surface area contributed by atoms with Crippen LogP contribution in [0.2, 0.25) is 0 Å². The van der Waals surface area contributed by atoms with E-state index in [2.05, 4.69) is 10.2 Å². The maximum Gasteiger partial charge on any atom is 0.313 e. The highest BCUT2D eigenvalue weighted by Crippen LogP contribution is 2.18. The molecular formula is C11H19N3O3S. The van der Waals surface area contributed by atoms with Crippen molar-refractivity contribution in [2.24, 2.45) is 0 Å². The van der Waals surface area contributed by atoms with E-state index in [0.717, 1.165) is 18.8 Å². The van der Waals surface area contributed by atoms with Crippen molar-refractivity contribution in [3.63, 3.8) is 0 Å². The highest BCUT2D eigenvalue weighted by molar-refractivity contribution is 7.99. The molecule has 0 aliphatic heterocycles. The van der Waals surface area contributed by atoms with Gasteiger partial charge < -0.3 is 14.8 Å². The molecule has 0 saturated heterocycles. The number of aliphatic carboxylic acids is 1. The second-order valence-corrected chi connectivity index (χ2v) is 5.06. The first-order chi connectivity index (χ1) is 8.54. The van der Waals surface area contributed by atoms with Gasteiger partial charge in [0.1, 0.15) is 5.82 Å². The van der Waals surface area contributed by atoms with E-state index in [-0.39, 0.29) is 11.9 Å². The SMILES string of the molecule is CCCn1c(CCC(C)O)nnc1SCC(=O)O. The number of rotatable bonds is 8. The van der Waals surface area contributed by atoms with Gasteiger partial charge in [-0.25, -0.2) is 0 Å². The Labute approximate surface area is 110 Å². The topological polar surface area (TPSA) is 88.2 Å². The zero-order valence-corrected chi connectivity index (χ0v) is 11.5. The van der Waals surface area contributed by atoms with E-state index >= 15 is 0 Å². The van der Waals surface area contributed by atoms with Crippen molar-refractivity contribution in [2.45, 2.75) is 50.9 Å². The maximum atomic E-state index is 10.6. The number of hydrogen-bond acceptors (Lipinski definition) is 5. The molecule has 1 rings (SSSR count). The lowest BCUT2D eigenvalue weighted by atomic mass is 10.2. The number of carboxylic acid groups (broad SMARTS) is 1. The first-order valence-electron chi connectivity index (χ1n) is 5.99. The molecule has 1 unspecified atom stereocenters. The summed E-state index contributed by atoms with van der Waals surface area (Å²) in [5.41, 5.74) is 0. The Kier molecular flexibility index (Phi) is 6.14. The molecule has 1 aromatic rings. The molecule has 6 nitrogen and oxygen atoms in total. The molecule has 1 heterocycles. The summed E-state index contributed by atoms with van der Waals surface area (Å²) in [5, 5.41) is 26.7. The van der Waals surface area contributed by atoms with Crippen molar-refractivity contribution in [3.8, 4) is 0 Å². The van der Waals surface area contributed by atoms with Crippen LogP contribution in [0, 0.1) is 0 Å². The Hall–Kier alpha value is -1.08. The van der Waals surface area contributed by atoms with Crippen LogP contribution in [0.15, 0.2) is 5.16 Å². The summed E-state index contributed by atoms with van der Waals surface area (Å²) in [5.74, 6) is -0.0691. The molecule has 0 fully saturated rings. The van der Waals surface area contributed by atoms with Gasteiger partial charge in [-0.1, -0.05) is 18.7 Å². The van der Waals surface area contributed by atoms with Crippen LogP contribution < -0.4 is 0 Å². The number of nitrogens with zero attached hydrogens (tertiary/aromatic N) is 3. The van der Waals surface area contributed by atoms with Crippen molar-refractivity contribution in [1.29, 1.82) is 0 Å². The number of aryl methyl sites for hydroxylation is 1. The van der Waals surface area contributed by atoms with E-state index in [1.54, 1.807) is 6.92 Å². The lowest BCUT2D eigenvalue weighted by Crippen LogP contribution is -2.09. The van der Waals surface area contributed by atoms with Gasteiger partial charge in [-0.15, -0.1) is 10.2 Å². The van der Waals surface area contributed by atoms with E-state index in [9.17, 15) is 9.90 Å². The smallest absolute Gasteiger partial charge is 0.313 e. The quantitative estimate of drug-likeness (QED) is 0.691. The standard InChI is InChI=1S/C11H19N3O3S/c1-3-6-14-9(5-4-8(2)15)12-13-11(14)18-7-10(16)17/h8,15H,3-7H2,1-2H3,(H,16,17). The minimum absolute atomic E-state index is 0.0156. The molecule has 0 radical (unpaired) electrons. The van der Waals surface area contributed by atoms with Crippen LogP contribution in [0.3, 0.4) is 0 Å². The van der Waals surface area contributed by atoms with Crippen molar-refractivity contribution in [1.82, 2.24) is 14.8 Å². The van der Waals surface area contributed by atoms with Gasteiger partial charge in [0.2, 0.25) is 0 Å². The van der Waals surface area contributed by atoms with E-state index < -0.39 is 5.97 Å². The van der Waals surface area contributed by atoms with Gasteiger partial charge in [0.25, 0.3) is 0 Å². The fourth-order valence-electron chi connectivity index (χ4n) is 1.52. The first-order valence-corrected chi connectivity index (χ1v) is 6.97. The Balaban J connectivity index is 2.74.